The first-order valence-corrected chi connectivity index (χ1v) is 9.45. The zero-order valence-electron chi connectivity index (χ0n) is 13.1. The summed E-state index contributed by atoms with van der Waals surface area (Å²) in [6.07, 6.45) is 2.31. The van der Waals surface area contributed by atoms with Gasteiger partial charge in [-0.25, -0.2) is 0 Å². The third-order valence-corrected chi connectivity index (χ3v) is 5.24. The van der Waals surface area contributed by atoms with Gasteiger partial charge in [0.1, 0.15) is 6.29 Å². The Morgan fingerprint density at radius 2 is 1.50 bits per heavy atom. The third kappa shape index (κ3) is 3.97. The molecule has 0 bridgehead atoms. The molecule has 0 aliphatic carbocycles. The van der Waals surface area contributed by atoms with E-state index in [0.717, 1.165) is 32.8 Å². The van der Waals surface area contributed by atoms with E-state index >= 15 is 0 Å². The molecule has 2 aromatic carbocycles. The summed E-state index contributed by atoms with van der Waals surface area (Å²) in [5.74, 6) is -1.43. The molecule has 0 saturated carbocycles. The highest BCUT2D eigenvalue weighted by molar-refractivity contribution is 9.10. The van der Waals surface area contributed by atoms with E-state index in [9.17, 15) is 4.79 Å². The number of halogens is 2. The Morgan fingerprint density at radius 3 is 2.04 bits per heavy atom. The fourth-order valence-corrected chi connectivity index (χ4v) is 3.50. The zero-order chi connectivity index (χ0) is 17.0. The quantitative estimate of drug-likeness (QED) is 0.606. The smallest absolute Gasteiger partial charge is 0.185 e. The van der Waals surface area contributed by atoms with Crippen LogP contribution >= 0.6 is 31.9 Å². The Kier molecular flexibility index (Phi) is 5.87. The van der Waals surface area contributed by atoms with Gasteiger partial charge in [-0.3, -0.25) is 0 Å². The molecule has 1 aliphatic heterocycles. The van der Waals surface area contributed by atoms with Crippen molar-refractivity contribution in [3.05, 3.63) is 68.6 Å². The van der Waals surface area contributed by atoms with Gasteiger partial charge in [0.05, 0.1) is 19.1 Å². The summed E-state index contributed by atoms with van der Waals surface area (Å²) < 4.78 is 14.1. The lowest BCUT2D eigenvalue weighted by atomic mass is 9.86. The number of ether oxygens (including phenoxy) is 2. The zero-order valence-corrected chi connectivity index (χ0v) is 16.3. The molecule has 1 heterocycles. The average molecular weight is 454 g/mol. The molecule has 0 radical (unpaired) electrons. The van der Waals surface area contributed by atoms with E-state index in [2.05, 4.69) is 31.9 Å². The number of carbonyl (C=O) groups excluding carboxylic acids is 1. The van der Waals surface area contributed by atoms with Crippen LogP contribution < -0.4 is 0 Å². The Morgan fingerprint density at radius 1 is 0.958 bits per heavy atom. The van der Waals surface area contributed by atoms with Crippen molar-refractivity contribution in [2.45, 2.75) is 24.5 Å². The van der Waals surface area contributed by atoms with Crippen LogP contribution in [0.15, 0.2) is 57.5 Å². The second-order valence-electron chi connectivity index (χ2n) is 5.83. The predicted molar refractivity (Wildman–Crippen MR) is 100 cm³/mol. The van der Waals surface area contributed by atoms with Crippen LogP contribution in [0.5, 0.6) is 0 Å². The molecule has 3 rings (SSSR count). The van der Waals surface area contributed by atoms with E-state index in [-0.39, 0.29) is 0 Å². The summed E-state index contributed by atoms with van der Waals surface area (Å²) in [7, 11) is 0. The van der Waals surface area contributed by atoms with Crippen molar-refractivity contribution in [1.82, 2.24) is 0 Å². The minimum atomic E-state index is -0.957. The van der Waals surface area contributed by atoms with Crippen LogP contribution in [0, 0.1) is 0 Å². The van der Waals surface area contributed by atoms with Crippen LogP contribution in [-0.4, -0.2) is 25.3 Å². The summed E-state index contributed by atoms with van der Waals surface area (Å²) in [6.45, 7) is 1.19. The minimum Gasteiger partial charge on any atom is -0.348 e. The SMILES string of the molecule is O=CC(c1ccc(Br)cc1)C1(Cc2ccc(Br)cc2)OCCCO1. The number of carbonyl (C=O) groups is 1. The molecule has 1 fully saturated rings. The monoisotopic (exact) mass is 452 g/mol. The van der Waals surface area contributed by atoms with Crippen LogP contribution in [-0.2, 0) is 20.7 Å². The van der Waals surface area contributed by atoms with Gasteiger partial charge in [-0.2, -0.15) is 0 Å². The summed E-state index contributed by atoms with van der Waals surface area (Å²) in [5.41, 5.74) is 1.97. The molecular formula is C19H18Br2O3. The van der Waals surface area contributed by atoms with Gasteiger partial charge >= 0.3 is 0 Å². The molecular weight excluding hydrogens is 436 g/mol. The van der Waals surface area contributed by atoms with E-state index in [4.69, 9.17) is 9.47 Å². The predicted octanol–water partition coefficient (Wildman–Crippen LogP) is 4.87. The van der Waals surface area contributed by atoms with Crippen LogP contribution in [0.4, 0.5) is 0 Å². The van der Waals surface area contributed by atoms with Gasteiger partial charge in [-0.05, 0) is 41.8 Å². The van der Waals surface area contributed by atoms with Crippen molar-refractivity contribution in [3.63, 3.8) is 0 Å². The number of hydrogen-bond donors (Lipinski definition) is 0. The standard InChI is InChI=1S/C19H18Br2O3/c20-16-6-2-14(3-7-16)12-19(23-10-1-11-24-19)18(13-22)15-4-8-17(21)9-5-15/h2-9,13,18H,1,10-12H2. The second-order valence-corrected chi connectivity index (χ2v) is 7.66. The van der Waals surface area contributed by atoms with Crippen LogP contribution in [0.1, 0.15) is 23.5 Å². The third-order valence-electron chi connectivity index (χ3n) is 4.18. The maximum Gasteiger partial charge on any atom is 0.185 e. The van der Waals surface area contributed by atoms with E-state index < -0.39 is 11.7 Å². The highest BCUT2D eigenvalue weighted by Crippen LogP contribution is 2.37. The van der Waals surface area contributed by atoms with Crippen molar-refractivity contribution >= 4 is 38.1 Å². The number of rotatable bonds is 5. The maximum absolute atomic E-state index is 12.0. The summed E-state index contributed by atoms with van der Waals surface area (Å²) in [5, 5.41) is 0. The van der Waals surface area contributed by atoms with Crippen molar-refractivity contribution in [3.8, 4) is 0 Å². The lowest BCUT2D eigenvalue weighted by molar-refractivity contribution is -0.273. The highest BCUT2D eigenvalue weighted by Gasteiger charge is 2.44. The summed E-state index contributed by atoms with van der Waals surface area (Å²) in [4.78, 5) is 12.0. The van der Waals surface area contributed by atoms with Gasteiger partial charge in [0.25, 0.3) is 0 Å². The molecule has 24 heavy (non-hydrogen) atoms. The minimum absolute atomic E-state index is 0.477. The Labute approximate surface area is 158 Å². The summed E-state index contributed by atoms with van der Waals surface area (Å²) >= 11 is 6.88. The molecule has 1 atom stereocenters. The maximum atomic E-state index is 12.0. The number of hydrogen-bond acceptors (Lipinski definition) is 3. The molecule has 1 unspecified atom stereocenters. The van der Waals surface area contributed by atoms with E-state index in [1.54, 1.807) is 0 Å². The molecule has 0 aromatic heterocycles. The van der Waals surface area contributed by atoms with Crippen LogP contribution in [0.3, 0.4) is 0 Å². The fourth-order valence-electron chi connectivity index (χ4n) is 2.98. The Bertz CT molecular complexity index is 677. The first-order valence-electron chi connectivity index (χ1n) is 7.86. The Hall–Kier alpha value is -1.01. The van der Waals surface area contributed by atoms with Gasteiger partial charge < -0.3 is 14.3 Å². The van der Waals surface area contributed by atoms with Gasteiger partial charge in [0, 0.05) is 15.4 Å². The lowest BCUT2D eigenvalue weighted by Gasteiger charge is -2.41. The van der Waals surface area contributed by atoms with Gasteiger partial charge in [-0.15, -0.1) is 0 Å². The largest absolute Gasteiger partial charge is 0.348 e. The number of benzene rings is 2. The van der Waals surface area contributed by atoms with E-state index in [1.165, 1.54) is 0 Å². The van der Waals surface area contributed by atoms with Crippen LogP contribution in [0.2, 0.25) is 0 Å². The first-order chi connectivity index (χ1) is 11.6. The van der Waals surface area contributed by atoms with Crippen molar-refractivity contribution < 1.29 is 14.3 Å². The molecule has 3 nitrogen and oxygen atoms in total. The Balaban J connectivity index is 1.95. The molecule has 0 amide bonds. The van der Waals surface area contributed by atoms with Crippen molar-refractivity contribution in [1.29, 1.82) is 0 Å². The molecule has 1 aliphatic rings. The number of aldehydes is 1. The van der Waals surface area contributed by atoms with Gasteiger partial charge in [-0.1, -0.05) is 56.1 Å². The lowest BCUT2D eigenvalue weighted by Crippen LogP contribution is -2.48. The van der Waals surface area contributed by atoms with Gasteiger partial charge in [0.2, 0.25) is 0 Å². The molecule has 1 saturated heterocycles. The molecule has 126 valence electrons. The molecule has 0 spiro atoms. The fraction of sp³-hybridized carbons (Fsp3) is 0.316. The highest BCUT2D eigenvalue weighted by atomic mass is 79.9. The van der Waals surface area contributed by atoms with Crippen molar-refractivity contribution in [2.75, 3.05) is 13.2 Å². The molecule has 5 heteroatoms. The van der Waals surface area contributed by atoms with E-state index in [0.29, 0.717) is 19.6 Å². The van der Waals surface area contributed by atoms with Crippen LogP contribution in [0.25, 0.3) is 0 Å². The first kappa shape index (κ1) is 17.8. The molecule has 2 aromatic rings. The second kappa shape index (κ2) is 7.91. The normalized spacial score (nSPS) is 18.1. The van der Waals surface area contributed by atoms with Gasteiger partial charge in [0.15, 0.2) is 5.79 Å². The molecule has 0 N–H and O–H groups in total. The van der Waals surface area contributed by atoms with E-state index in [1.807, 2.05) is 48.5 Å². The topological polar surface area (TPSA) is 35.5 Å². The van der Waals surface area contributed by atoms with Crippen molar-refractivity contribution in [2.24, 2.45) is 0 Å². The summed E-state index contributed by atoms with van der Waals surface area (Å²) in [6, 6.07) is 15.8. The average Bonchev–Trinajstić information content (AvgIpc) is 2.60.